The molecule has 1 heterocycles. The molecule has 0 aliphatic carbocycles. The van der Waals surface area contributed by atoms with Crippen LogP contribution in [-0.4, -0.2) is 49.3 Å². The van der Waals surface area contributed by atoms with Crippen LogP contribution in [-0.2, 0) is 4.79 Å². The third-order valence-corrected chi connectivity index (χ3v) is 3.61. The van der Waals surface area contributed by atoms with Gasteiger partial charge < -0.3 is 20.3 Å². The highest BCUT2D eigenvalue weighted by Gasteiger charge is 2.28. The van der Waals surface area contributed by atoms with E-state index >= 15 is 0 Å². The number of methoxy groups -OCH3 is 1. The fourth-order valence-corrected chi connectivity index (χ4v) is 2.43. The summed E-state index contributed by atoms with van der Waals surface area (Å²) in [7, 11) is 3.61. The Morgan fingerprint density at radius 3 is 2.81 bits per heavy atom. The van der Waals surface area contributed by atoms with Crippen LogP contribution >= 0.6 is 0 Å². The lowest BCUT2D eigenvalue weighted by Crippen LogP contribution is -2.51. The van der Waals surface area contributed by atoms with Crippen LogP contribution in [0.3, 0.4) is 0 Å². The molecule has 21 heavy (non-hydrogen) atoms. The molecule has 0 spiro atoms. The van der Waals surface area contributed by atoms with Crippen molar-refractivity contribution >= 4 is 5.97 Å². The van der Waals surface area contributed by atoms with Gasteiger partial charge in [-0.2, -0.15) is 0 Å². The minimum absolute atomic E-state index is 0.0317. The van der Waals surface area contributed by atoms with Gasteiger partial charge in [-0.1, -0.05) is 12.1 Å². The van der Waals surface area contributed by atoms with E-state index in [4.69, 9.17) is 20.3 Å². The Morgan fingerprint density at radius 2 is 2.24 bits per heavy atom. The number of hydrogen-bond donors (Lipinski definition) is 2. The number of rotatable bonds is 7. The highest BCUT2D eigenvalue weighted by Crippen LogP contribution is 2.37. The molecule has 116 valence electrons. The van der Waals surface area contributed by atoms with Crippen LogP contribution in [0.4, 0.5) is 0 Å². The molecular formula is C15H22N2O4. The van der Waals surface area contributed by atoms with E-state index in [0.29, 0.717) is 17.9 Å². The summed E-state index contributed by atoms with van der Waals surface area (Å²) < 4.78 is 11.4. The van der Waals surface area contributed by atoms with E-state index in [1.54, 1.807) is 7.11 Å². The zero-order valence-corrected chi connectivity index (χ0v) is 12.4. The number of likely N-dealkylation sites (tertiary alicyclic amines) is 1. The van der Waals surface area contributed by atoms with Gasteiger partial charge in [-0.25, -0.2) is 0 Å². The number of carboxylic acids is 1. The molecular weight excluding hydrogens is 272 g/mol. The lowest BCUT2D eigenvalue weighted by Gasteiger charge is -2.37. The van der Waals surface area contributed by atoms with Crippen molar-refractivity contribution in [3.05, 3.63) is 23.8 Å². The van der Waals surface area contributed by atoms with Crippen molar-refractivity contribution in [1.82, 2.24) is 4.90 Å². The number of ether oxygens (including phenoxy) is 2. The Balaban J connectivity index is 2.16. The largest absolute Gasteiger partial charge is 0.493 e. The molecule has 0 bridgehead atoms. The number of hydrogen-bond acceptors (Lipinski definition) is 5. The maximum Gasteiger partial charge on any atom is 0.303 e. The number of benzene rings is 1. The van der Waals surface area contributed by atoms with E-state index in [1.807, 2.05) is 25.2 Å². The van der Waals surface area contributed by atoms with Crippen molar-refractivity contribution < 1.29 is 19.4 Å². The molecule has 1 saturated heterocycles. The zero-order chi connectivity index (χ0) is 15.4. The third kappa shape index (κ3) is 3.86. The summed E-state index contributed by atoms with van der Waals surface area (Å²) in [5, 5.41) is 8.78. The van der Waals surface area contributed by atoms with E-state index in [-0.39, 0.29) is 18.6 Å². The second kappa shape index (κ2) is 6.78. The van der Waals surface area contributed by atoms with Gasteiger partial charge in [0.2, 0.25) is 0 Å². The normalized spacial score (nSPS) is 17.1. The highest BCUT2D eigenvalue weighted by atomic mass is 16.5. The van der Waals surface area contributed by atoms with Crippen LogP contribution in [0.2, 0.25) is 0 Å². The highest BCUT2D eigenvalue weighted by molar-refractivity contribution is 5.66. The topological polar surface area (TPSA) is 85.0 Å². The van der Waals surface area contributed by atoms with E-state index in [2.05, 4.69) is 4.90 Å². The molecule has 2 rings (SSSR count). The summed E-state index contributed by atoms with van der Waals surface area (Å²) in [6, 6.07) is 5.15. The van der Waals surface area contributed by atoms with Crippen LogP contribution in [0.15, 0.2) is 18.2 Å². The zero-order valence-electron chi connectivity index (χ0n) is 12.4. The van der Waals surface area contributed by atoms with Gasteiger partial charge in [0.15, 0.2) is 11.5 Å². The Bertz CT molecular complexity index is 500. The molecule has 1 aliphatic rings. The molecule has 0 aromatic heterocycles. The van der Waals surface area contributed by atoms with Gasteiger partial charge in [-0.3, -0.25) is 9.69 Å². The van der Waals surface area contributed by atoms with Crippen molar-refractivity contribution in [1.29, 1.82) is 0 Å². The van der Waals surface area contributed by atoms with Crippen LogP contribution in [0.5, 0.6) is 11.5 Å². The standard InChI is InChI=1S/C15H22N2O4/c1-17-8-10(9-17)21-15-11(4-3-5-13(15)20-2)12(16)6-7-14(18)19/h3-5,10,12H,6-9,16H2,1-2H3,(H,18,19). The summed E-state index contributed by atoms with van der Waals surface area (Å²) in [6.45, 7) is 1.73. The predicted octanol–water partition coefficient (Wildman–Crippen LogP) is 1.25. The summed E-state index contributed by atoms with van der Waals surface area (Å²) in [4.78, 5) is 12.9. The lowest BCUT2D eigenvalue weighted by atomic mass is 10.0. The fraction of sp³-hybridized carbons (Fsp3) is 0.533. The Kier molecular flexibility index (Phi) is 5.03. The van der Waals surface area contributed by atoms with Crippen molar-refractivity contribution in [2.75, 3.05) is 27.2 Å². The van der Waals surface area contributed by atoms with E-state index in [1.165, 1.54) is 0 Å². The number of nitrogens with zero attached hydrogens (tertiary/aromatic N) is 1. The molecule has 1 unspecified atom stereocenters. The minimum Gasteiger partial charge on any atom is -0.493 e. The number of likely N-dealkylation sites (N-methyl/N-ethyl adjacent to an activating group) is 1. The maximum atomic E-state index is 10.7. The van der Waals surface area contributed by atoms with Crippen LogP contribution in [0.1, 0.15) is 24.4 Å². The molecule has 3 N–H and O–H groups in total. The predicted molar refractivity (Wildman–Crippen MR) is 78.7 cm³/mol. The third-order valence-electron chi connectivity index (χ3n) is 3.61. The van der Waals surface area contributed by atoms with Crippen LogP contribution in [0.25, 0.3) is 0 Å². The first-order chi connectivity index (χ1) is 10.0. The molecule has 1 atom stereocenters. The first kappa shape index (κ1) is 15.6. The molecule has 1 fully saturated rings. The minimum atomic E-state index is -0.851. The second-order valence-corrected chi connectivity index (χ2v) is 5.38. The first-order valence-electron chi connectivity index (χ1n) is 7.00. The van der Waals surface area contributed by atoms with Gasteiger partial charge >= 0.3 is 5.97 Å². The number of para-hydroxylation sites is 1. The molecule has 1 aromatic carbocycles. The number of nitrogens with two attached hydrogens (primary N) is 1. The number of carbonyl (C=O) groups is 1. The average molecular weight is 294 g/mol. The van der Waals surface area contributed by atoms with Crippen molar-refractivity contribution in [2.24, 2.45) is 5.73 Å². The Morgan fingerprint density at radius 1 is 1.52 bits per heavy atom. The molecule has 1 aliphatic heterocycles. The molecule has 1 aromatic rings. The van der Waals surface area contributed by atoms with Crippen molar-refractivity contribution in [3.8, 4) is 11.5 Å². The van der Waals surface area contributed by atoms with Crippen molar-refractivity contribution in [3.63, 3.8) is 0 Å². The Hall–Kier alpha value is -1.79. The van der Waals surface area contributed by atoms with Gasteiger partial charge in [-0.05, 0) is 19.5 Å². The van der Waals surface area contributed by atoms with Gasteiger partial charge in [0, 0.05) is 31.1 Å². The molecule has 6 heteroatoms. The van der Waals surface area contributed by atoms with E-state index in [9.17, 15) is 4.79 Å². The SMILES string of the molecule is COc1cccc(C(N)CCC(=O)O)c1OC1CN(C)C1. The monoisotopic (exact) mass is 294 g/mol. The lowest BCUT2D eigenvalue weighted by molar-refractivity contribution is -0.137. The van der Waals surface area contributed by atoms with Crippen LogP contribution < -0.4 is 15.2 Å². The smallest absolute Gasteiger partial charge is 0.303 e. The summed E-state index contributed by atoms with van der Waals surface area (Å²) in [5.41, 5.74) is 6.92. The fourth-order valence-electron chi connectivity index (χ4n) is 2.43. The van der Waals surface area contributed by atoms with Crippen molar-refractivity contribution in [2.45, 2.75) is 25.0 Å². The quantitative estimate of drug-likeness (QED) is 0.787. The van der Waals surface area contributed by atoms with E-state index in [0.717, 1.165) is 18.7 Å². The molecule has 6 nitrogen and oxygen atoms in total. The van der Waals surface area contributed by atoms with Gasteiger partial charge in [0.25, 0.3) is 0 Å². The van der Waals surface area contributed by atoms with Crippen LogP contribution in [0, 0.1) is 0 Å². The van der Waals surface area contributed by atoms with Gasteiger partial charge in [-0.15, -0.1) is 0 Å². The number of aliphatic carboxylic acids is 1. The first-order valence-corrected chi connectivity index (χ1v) is 7.00. The second-order valence-electron chi connectivity index (χ2n) is 5.38. The molecule has 0 saturated carbocycles. The van der Waals surface area contributed by atoms with Gasteiger partial charge in [0.1, 0.15) is 6.10 Å². The Labute approximate surface area is 124 Å². The summed E-state index contributed by atoms with van der Waals surface area (Å²) in [5.74, 6) is 0.417. The maximum absolute atomic E-state index is 10.7. The number of carboxylic acid groups (broad SMARTS) is 1. The van der Waals surface area contributed by atoms with Gasteiger partial charge in [0.05, 0.1) is 7.11 Å². The molecule has 0 amide bonds. The summed E-state index contributed by atoms with van der Waals surface area (Å²) >= 11 is 0. The van der Waals surface area contributed by atoms with E-state index < -0.39 is 5.97 Å². The average Bonchev–Trinajstić information content (AvgIpc) is 2.43. The molecule has 0 radical (unpaired) electrons. The summed E-state index contributed by atoms with van der Waals surface area (Å²) in [6.07, 6.45) is 0.518.